The van der Waals surface area contributed by atoms with Crippen LogP contribution in [-0.2, 0) is 13.6 Å². The number of H-pyrrole nitrogens is 1. The lowest BCUT2D eigenvalue weighted by molar-refractivity contribution is -0.655. The Morgan fingerprint density at radius 3 is 2.68 bits per heavy atom. The minimum atomic E-state index is -0.420. The third-order valence-corrected chi connectivity index (χ3v) is 4.21. The van der Waals surface area contributed by atoms with Crippen molar-refractivity contribution in [3.8, 4) is 0 Å². The normalized spacial score (nSPS) is 15.6. The van der Waals surface area contributed by atoms with E-state index in [9.17, 15) is 9.59 Å². The topological polar surface area (TPSA) is 92.5 Å². The molecule has 1 aliphatic rings. The summed E-state index contributed by atoms with van der Waals surface area (Å²) >= 11 is 0. The number of aromatic amines is 1. The molecule has 3 rings (SSSR count). The lowest BCUT2D eigenvalue weighted by Crippen LogP contribution is -2.89. The molecule has 1 aliphatic heterocycles. The molecule has 8 nitrogen and oxygen atoms in total. The summed E-state index contributed by atoms with van der Waals surface area (Å²) in [5.41, 5.74) is 0.196. The second kappa shape index (κ2) is 5.96. The van der Waals surface area contributed by atoms with Crippen molar-refractivity contribution >= 4 is 17.1 Å². The summed E-state index contributed by atoms with van der Waals surface area (Å²) in [5.74, 6) is 0.809. The Morgan fingerprint density at radius 2 is 2.00 bits per heavy atom. The third kappa shape index (κ3) is 2.43. The molecule has 0 saturated carbocycles. The minimum absolute atomic E-state index is 0.350. The summed E-state index contributed by atoms with van der Waals surface area (Å²) in [5, 5.41) is 2.28. The quantitative estimate of drug-likeness (QED) is 0.727. The molecular formula is C14H23N6O2+. The van der Waals surface area contributed by atoms with Gasteiger partial charge in [0, 0.05) is 13.6 Å². The molecule has 0 aliphatic carbocycles. The zero-order valence-corrected chi connectivity index (χ0v) is 13.1. The molecule has 0 aromatic carbocycles. The van der Waals surface area contributed by atoms with Gasteiger partial charge in [0.25, 0.3) is 5.56 Å². The third-order valence-electron chi connectivity index (χ3n) is 4.21. The second-order valence-corrected chi connectivity index (χ2v) is 5.76. The van der Waals surface area contributed by atoms with Gasteiger partial charge in [0.05, 0.1) is 26.2 Å². The van der Waals surface area contributed by atoms with Crippen molar-refractivity contribution in [1.82, 2.24) is 19.1 Å². The highest BCUT2D eigenvalue weighted by Gasteiger charge is 2.23. The average Bonchev–Trinajstić information content (AvgIpc) is 2.91. The SMILES string of the molecule is CCCCn1c(N2CC[NH2+]CC2)nc2c1c(=O)[nH]c(=O)n2C. The molecule has 1 fully saturated rings. The number of aromatic nitrogens is 4. The Kier molecular flexibility index (Phi) is 4.02. The summed E-state index contributed by atoms with van der Waals surface area (Å²) in [6, 6.07) is 0. The van der Waals surface area contributed by atoms with E-state index in [1.807, 2.05) is 4.57 Å². The van der Waals surface area contributed by atoms with E-state index >= 15 is 0 Å². The number of nitrogens with zero attached hydrogens (tertiary/aromatic N) is 4. The van der Waals surface area contributed by atoms with Gasteiger partial charge in [-0.1, -0.05) is 13.3 Å². The van der Waals surface area contributed by atoms with Gasteiger partial charge in [-0.2, -0.15) is 4.98 Å². The molecule has 0 bridgehead atoms. The van der Waals surface area contributed by atoms with Crippen molar-refractivity contribution in [2.24, 2.45) is 7.05 Å². The van der Waals surface area contributed by atoms with Crippen LogP contribution in [0.2, 0.25) is 0 Å². The number of rotatable bonds is 4. The number of piperazine rings is 1. The van der Waals surface area contributed by atoms with E-state index in [2.05, 4.69) is 27.1 Å². The van der Waals surface area contributed by atoms with Gasteiger partial charge in [-0.25, -0.2) is 4.79 Å². The van der Waals surface area contributed by atoms with E-state index in [1.165, 1.54) is 4.57 Å². The van der Waals surface area contributed by atoms with Crippen LogP contribution in [0.5, 0.6) is 0 Å². The zero-order valence-electron chi connectivity index (χ0n) is 13.1. The monoisotopic (exact) mass is 307 g/mol. The first-order valence-electron chi connectivity index (χ1n) is 7.89. The number of imidazole rings is 1. The van der Waals surface area contributed by atoms with Crippen LogP contribution in [0.4, 0.5) is 5.95 Å². The summed E-state index contributed by atoms with van der Waals surface area (Å²) in [6.45, 7) is 6.71. The van der Waals surface area contributed by atoms with Crippen LogP contribution >= 0.6 is 0 Å². The number of nitrogens with one attached hydrogen (secondary N) is 1. The molecule has 2 aromatic rings. The van der Waals surface area contributed by atoms with Crippen molar-refractivity contribution in [2.75, 3.05) is 31.1 Å². The summed E-state index contributed by atoms with van der Waals surface area (Å²) < 4.78 is 3.39. The Bertz CT molecular complexity index is 781. The second-order valence-electron chi connectivity index (χ2n) is 5.76. The first-order valence-corrected chi connectivity index (χ1v) is 7.89. The van der Waals surface area contributed by atoms with Gasteiger partial charge in [0.2, 0.25) is 5.95 Å². The lowest BCUT2D eigenvalue weighted by atomic mass is 10.3. The molecule has 3 N–H and O–H groups in total. The van der Waals surface area contributed by atoms with Crippen molar-refractivity contribution in [1.29, 1.82) is 0 Å². The van der Waals surface area contributed by atoms with E-state index in [1.54, 1.807) is 7.05 Å². The molecule has 0 atom stereocenters. The molecule has 0 amide bonds. The van der Waals surface area contributed by atoms with Gasteiger partial charge in [-0.15, -0.1) is 0 Å². The van der Waals surface area contributed by atoms with Crippen molar-refractivity contribution in [3.63, 3.8) is 0 Å². The predicted molar refractivity (Wildman–Crippen MR) is 84.4 cm³/mol. The van der Waals surface area contributed by atoms with Gasteiger partial charge in [0.15, 0.2) is 11.2 Å². The first-order chi connectivity index (χ1) is 10.6. The van der Waals surface area contributed by atoms with Crippen LogP contribution < -0.4 is 21.5 Å². The Morgan fingerprint density at radius 1 is 1.27 bits per heavy atom. The number of nitrogens with two attached hydrogens (primary N) is 1. The standard InChI is InChI=1S/C14H22N6O2/c1-3-4-7-20-10-11(18(2)14(22)17-12(10)21)16-13(20)19-8-5-15-6-9-19/h15H,3-9H2,1-2H3,(H,17,21,22)/p+1. The van der Waals surface area contributed by atoms with Crippen molar-refractivity contribution in [2.45, 2.75) is 26.3 Å². The maximum atomic E-state index is 12.3. The van der Waals surface area contributed by atoms with Crippen LogP contribution in [0.3, 0.4) is 0 Å². The summed E-state index contributed by atoms with van der Waals surface area (Å²) in [6.07, 6.45) is 2.01. The fourth-order valence-electron chi connectivity index (χ4n) is 2.94. The molecule has 8 heteroatoms. The zero-order chi connectivity index (χ0) is 15.7. The van der Waals surface area contributed by atoms with Crippen LogP contribution in [-0.4, -0.2) is 45.3 Å². The van der Waals surface area contributed by atoms with Crippen LogP contribution in [0.25, 0.3) is 11.2 Å². The van der Waals surface area contributed by atoms with Gasteiger partial charge in [0.1, 0.15) is 0 Å². The fraction of sp³-hybridized carbons (Fsp3) is 0.643. The molecular weight excluding hydrogens is 284 g/mol. The molecule has 22 heavy (non-hydrogen) atoms. The van der Waals surface area contributed by atoms with E-state index in [0.717, 1.165) is 51.5 Å². The van der Waals surface area contributed by atoms with Gasteiger partial charge < -0.3 is 14.8 Å². The predicted octanol–water partition coefficient (Wildman–Crippen LogP) is -1.39. The number of aryl methyl sites for hydroxylation is 2. The average molecular weight is 307 g/mol. The van der Waals surface area contributed by atoms with Crippen molar-refractivity contribution in [3.05, 3.63) is 20.8 Å². The van der Waals surface area contributed by atoms with Gasteiger partial charge >= 0.3 is 5.69 Å². The molecule has 3 heterocycles. The highest BCUT2D eigenvalue weighted by atomic mass is 16.2. The number of quaternary nitrogens is 1. The smallest absolute Gasteiger partial charge is 0.329 e. The highest BCUT2D eigenvalue weighted by Crippen LogP contribution is 2.20. The number of fused-ring (bicyclic) bond motifs is 1. The number of hydrogen-bond acceptors (Lipinski definition) is 4. The molecule has 2 aromatic heterocycles. The molecule has 0 unspecified atom stereocenters. The Hall–Kier alpha value is -2.09. The van der Waals surface area contributed by atoms with E-state index in [0.29, 0.717) is 11.2 Å². The van der Waals surface area contributed by atoms with E-state index < -0.39 is 5.69 Å². The van der Waals surface area contributed by atoms with Crippen LogP contribution in [0.1, 0.15) is 19.8 Å². The maximum absolute atomic E-state index is 12.3. The number of hydrogen-bond donors (Lipinski definition) is 2. The summed E-state index contributed by atoms with van der Waals surface area (Å²) in [4.78, 5) is 33.3. The first kappa shape index (κ1) is 14.8. The fourth-order valence-corrected chi connectivity index (χ4v) is 2.94. The number of anilines is 1. The van der Waals surface area contributed by atoms with Crippen molar-refractivity contribution < 1.29 is 5.32 Å². The van der Waals surface area contributed by atoms with E-state index in [4.69, 9.17) is 0 Å². The van der Waals surface area contributed by atoms with Gasteiger partial charge in [-0.05, 0) is 6.42 Å². The number of unbranched alkanes of at least 4 members (excludes halogenated alkanes) is 1. The molecule has 1 saturated heterocycles. The van der Waals surface area contributed by atoms with E-state index in [-0.39, 0.29) is 5.56 Å². The highest BCUT2D eigenvalue weighted by molar-refractivity contribution is 5.74. The summed E-state index contributed by atoms with van der Waals surface area (Å²) in [7, 11) is 1.64. The largest absolute Gasteiger partial charge is 0.343 e. The van der Waals surface area contributed by atoms with Crippen LogP contribution in [0, 0.1) is 0 Å². The lowest BCUT2D eigenvalue weighted by Gasteiger charge is -2.26. The Balaban J connectivity index is 2.21. The Labute approximate surface area is 127 Å². The van der Waals surface area contributed by atoms with Gasteiger partial charge in [-0.3, -0.25) is 14.3 Å². The molecule has 120 valence electrons. The minimum Gasteiger partial charge on any atom is -0.343 e. The molecule has 0 radical (unpaired) electrons. The maximum Gasteiger partial charge on any atom is 0.329 e. The molecule has 0 spiro atoms. The van der Waals surface area contributed by atoms with Crippen LogP contribution in [0.15, 0.2) is 9.59 Å².